The Morgan fingerprint density at radius 1 is 0.929 bits per heavy atom. The number of hydrogen-bond acceptors (Lipinski definition) is 3. The van der Waals surface area contributed by atoms with Gasteiger partial charge >= 0.3 is 0 Å². The SMILES string of the molecule is CCCc1ccc(S(=O)(=O)N2CCN(C3CC3)CC2Cc2ccccc2)cc1. The van der Waals surface area contributed by atoms with E-state index in [0.717, 1.165) is 32.4 Å². The third kappa shape index (κ3) is 4.32. The molecule has 28 heavy (non-hydrogen) atoms. The molecule has 0 aromatic heterocycles. The summed E-state index contributed by atoms with van der Waals surface area (Å²) in [6.45, 7) is 4.38. The molecule has 5 heteroatoms. The predicted octanol–water partition coefficient (Wildman–Crippen LogP) is 3.72. The molecule has 4 rings (SSSR count). The van der Waals surface area contributed by atoms with Crippen molar-refractivity contribution in [1.29, 1.82) is 0 Å². The van der Waals surface area contributed by atoms with Gasteiger partial charge in [0.15, 0.2) is 0 Å². The molecular formula is C23H30N2O2S. The summed E-state index contributed by atoms with van der Waals surface area (Å²) in [6, 6.07) is 18.4. The Kier molecular flexibility index (Phi) is 5.85. The van der Waals surface area contributed by atoms with Crippen LogP contribution >= 0.6 is 0 Å². The minimum Gasteiger partial charge on any atom is -0.297 e. The number of aryl methyl sites for hydroxylation is 1. The van der Waals surface area contributed by atoms with Gasteiger partial charge in [-0.2, -0.15) is 4.31 Å². The van der Waals surface area contributed by atoms with Crippen molar-refractivity contribution in [2.45, 2.75) is 56.0 Å². The molecule has 2 aromatic carbocycles. The fraction of sp³-hybridized carbons (Fsp3) is 0.478. The number of nitrogens with zero attached hydrogens (tertiary/aromatic N) is 2. The van der Waals surface area contributed by atoms with Crippen LogP contribution in [0.4, 0.5) is 0 Å². The van der Waals surface area contributed by atoms with Gasteiger partial charge in [0, 0.05) is 31.7 Å². The van der Waals surface area contributed by atoms with E-state index in [1.165, 1.54) is 24.0 Å². The van der Waals surface area contributed by atoms with Crippen LogP contribution < -0.4 is 0 Å². The summed E-state index contributed by atoms with van der Waals surface area (Å²) in [5.74, 6) is 0. The molecule has 1 atom stereocenters. The first-order chi connectivity index (χ1) is 13.6. The second kappa shape index (κ2) is 8.36. The summed E-state index contributed by atoms with van der Waals surface area (Å²) in [5.41, 5.74) is 2.39. The van der Waals surface area contributed by atoms with E-state index < -0.39 is 10.0 Å². The van der Waals surface area contributed by atoms with E-state index >= 15 is 0 Å². The van der Waals surface area contributed by atoms with Gasteiger partial charge < -0.3 is 0 Å². The quantitative estimate of drug-likeness (QED) is 0.714. The van der Waals surface area contributed by atoms with E-state index in [2.05, 4.69) is 24.0 Å². The number of piperazine rings is 1. The van der Waals surface area contributed by atoms with Gasteiger partial charge in [0.2, 0.25) is 10.0 Å². The molecule has 1 heterocycles. The molecule has 1 aliphatic carbocycles. The van der Waals surface area contributed by atoms with Crippen LogP contribution in [-0.2, 0) is 22.9 Å². The second-order valence-electron chi connectivity index (χ2n) is 8.08. The number of hydrogen-bond donors (Lipinski definition) is 0. The molecule has 1 aliphatic heterocycles. The van der Waals surface area contributed by atoms with Crippen molar-refractivity contribution in [2.75, 3.05) is 19.6 Å². The standard InChI is InChI=1S/C23H30N2O2S/c1-2-6-19-9-13-23(14-10-19)28(26,27)25-16-15-24(21-11-12-21)18-22(25)17-20-7-4-3-5-8-20/h3-5,7-10,13-14,21-22H,2,6,11-12,15-18H2,1H3. The first-order valence-electron chi connectivity index (χ1n) is 10.5. The van der Waals surface area contributed by atoms with Crippen LogP contribution in [0.2, 0.25) is 0 Å². The summed E-state index contributed by atoms with van der Waals surface area (Å²) in [6.07, 6.45) is 5.32. The Bertz CT molecular complexity index is 877. The molecule has 2 aromatic rings. The first kappa shape index (κ1) is 19.6. The van der Waals surface area contributed by atoms with Crippen molar-refractivity contribution >= 4 is 10.0 Å². The van der Waals surface area contributed by atoms with Crippen LogP contribution in [0.15, 0.2) is 59.5 Å². The topological polar surface area (TPSA) is 40.6 Å². The third-order valence-electron chi connectivity index (χ3n) is 5.91. The van der Waals surface area contributed by atoms with Gasteiger partial charge in [0.05, 0.1) is 4.90 Å². The molecule has 0 amide bonds. The van der Waals surface area contributed by atoms with Gasteiger partial charge in [0.1, 0.15) is 0 Å². The lowest BCUT2D eigenvalue weighted by molar-refractivity contribution is 0.128. The van der Waals surface area contributed by atoms with Crippen LogP contribution in [0.3, 0.4) is 0 Å². The minimum atomic E-state index is -3.49. The van der Waals surface area contributed by atoms with Crippen molar-refractivity contribution in [2.24, 2.45) is 0 Å². The lowest BCUT2D eigenvalue weighted by Gasteiger charge is -2.41. The monoisotopic (exact) mass is 398 g/mol. The molecule has 0 radical (unpaired) electrons. The Balaban J connectivity index is 1.58. The van der Waals surface area contributed by atoms with Gasteiger partial charge in [-0.25, -0.2) is 8.42 Å². The molecule has 0 spiro atoms. The van der Waals surface area contributed by atoms with Crippen LogP contribution in [0.1, 0.15) is 37.3 Å². The Morgan fingerprint density at radius 3 is 2.29 bits per heavy atom. The summed E-state index contributed by atoms with van der Waals surface area (Å²) >= 11 is 0. The molecule has 4 nitrogen and oxygen atoms in total. The predicted molar refractivity (Wildman–Crippen MR) is 113 cm³/mol. The zero-order valence-electron chi connectivity index (χ0n) is 16.6. The van der Waals surface area contributed by atoms with Crippen LogP contribution in [-0.4, -0.2) is 49.3 Å². The molecule has 150 valence electrons. The summed E-state index contributed by atoms with van der Waals surface area (Å²) in [5, 5.41) is 0. The maximum absolute atomic E-state index is 13.5. The van der Waals surface area contributed by atoms with Crippen molar-refractivity contribution < 1.29 is 8.42 Å². The van der Waals surface area contributed by atoms with E-state index in [9.17, 15) is 8.42 Å². The fourth-order valence-electron chi connectivity index (χ4n) is 4.26. The van der Waals surface area contributed by atoms with Crippen molar-refractivity contribution in [1.82, 2.24) is 9.21 Å². The third-order valence-corrected chi connectivity index (χ3v) is 7.87. The van der Waals surface area contributed by atoms with Gasteiger partial charge in [-0.15, -0.1) is 0 Å². The fourth-order valence-corrected chi connectivity index (χ4v) is 5.86. The molecule has 1 unspecified atom stereocenters. The van der Waals surface area contributed by atoms with Gasteiger partial charge in [-0.1, -0.05) is 55.8 Å². The average Bonchev–Trinajstić information content (AvgIpc) is 3.55. The first-order valence-corrected chi connectivity index (χ1v) is 11.9. The highest BCUT2D eigenvalue weighted by atomic mass is 32.2. The molecule has 0 bridgehead atoms. The Hall–Kier alpha value is -1.69. The summed E-state index contributed by atoms with van der Waals surface area (Å²) < 4.78 is 28.7. The molecular weight excluding hydrogens is 368 g/mol. The van der Waals surface area contributed by atoms with Crippen LogP contribution in [0.25, 0.3) is 0 Å². The smallest absolute Gasteiger partial charge is 0.243 e. The van der Waals surface area contributed by atoms with E-state index in [4.69, 9.17) is 0 Å². The molecule has 2 fully saturated rings. The van der Waals surface area contributed by atoms with Gasteiger partial charge in [-0.05, 0) is 48.9 Å². The number of sulfonamides is 1. The summed E-state index contributed by atoms with van der Waals surface area (Å²) in [7, 11) is -3.49. The van der Waals surface area contributed by atoms with Crippen molar-refractivity contribution in [3.63, 3.8) is 0 Å². The highest BCUT2D eigenvalue weighted by Crippen LogP contribution is 2.31. The van der Waals surface area contributed by atoms with Gasteiger partial charge in [0.25, 0.3) is 0 Å². The summed E-state index contributed by atoms with van der Waals surface area (Å²) in [4.78, 5) is 2.91. The molecule has 0 N–H and O–H groups in total. The van der Waals surface area contributed by atoms with Crippen molar-refractivity contribution in [3.8, 4) is 0 Å². The number of benzene rings is 2. The molecule has 1 saturated carbocycles. The van der Waals surface area contributed by atoms with Crippen LogP contribution in [0, 0.1) is 0 Å². The highest BCUT2D eigenvalue weighted by Gasteiger charge is 2.40. The Morgan fingerprint density at radius 2 is 1.64 bits per heavy atom. The van der Waals surface area contributed by atoms with E-state index in [0.29, 0.717) is 17.5 Å². The minimum absolute atomic E-state index is 0.0166. The maximum Gasteiger partial charge on any atom is 0.243 e. The molecule has 1 saturated heterocycles. The lowest BCUT2D eigenvalue weighted by atomic mass is 10.0. The number of rotatable bonds is 7. The highest BCUT2D eigenvalue weighted by molar-refractivity contribution is 7.89. The largest absolute Gasteiger partial charge is 0.297 e. The van der Waals surface area contributed by atoms with E-state index in [-0.39, 0.29) is 6.04 Å². The van der Waals surface area contributed by atoms with Crippen molar-refractivity contribution in [3.05, 3.63) is 65.7 Å². The van der Waals surface area contributed by atoms with Gasteiger partial charge in [-0.3, -0.25) is 4.90 Å². The zero-order valence-corrected chi connectivity index (χ0v) is 17.4. The maximum atomic E-state index is 13.5. The van der Waals surface area contributed by atoms with E-state index in [1.807, 2.05) is 30.3 Å². The normalized spacial score (nSPS) is 21.7. The van der Waals surface area contributed by atoms with Crippen LogP contribution in [0.5, 0.6) is 0 Å². The Labute approximate surface area is 169 Å². The van der Waals surface area contributed by atoms with E-state index in [1.54, 1.807) is 16.4 Å². The second-order valence-corrected chi connectivity index (χ2v) is 9.97. The zero-order chi connectivity index (χ0) is 19.6. The average molecular weight is 399 g/mol. The lowest BCUT2D eigenvalue weighted by Crippen LogP contribution is -2.56. The molecule has 2 aliphatic rings.